The highest BCUT2D eigenvalue weighted by molar-refractivity contribution is 6.09. The lowest BCUT2D eigenvalue weighted by atomic mass is 10.1. The molecule has 1 aromatic heterocycles. The van der Waals surface area contributed by atoms with Crippen LogP contribution in [0, 0.1) is 6.92 Å². The van der Waals surface area contributed by atoms with Crippen molar-refractivity contribution in [3.8, 4) is 28.7 Å². The van der Waals surface area contributed by atoms with Crippen molar-refractivity contribution in [2.45, 2.75) is 13.8 Å². The zero-order chi connectivity index (χ0) is 27.2. The summed E-state index contributed by atoms with van der Waals surface area (Å²) >= 11 is 0. The highest BCUT2D eigenvalue weighted by Gasteiger charge is 2.22. The molecule has 4 aromatic rings. The fraction of sp³-hybridized carbons (Fsp3) is 0.200. The number of ether oxygens (including phenoxy) is 5. The van der Waals surface area contributed by atoms with Gasteiger partial charge in [-0.3, -0.25) is 4.79 Å². The normalized spacial score (nSPS) is 11.0. The van der Waals surface area contributed by atoms with Gasteiger partial charge in [-0.2, -0.15) is 0 Å². The average molecular weight is 517 g/mol. The van der Waals surface area contributed by atoms with Gasteiger partial charge in [-0.05, 0) is 68.0 Å². The maximum Gasteiger partial charge on any atom is 0.347 e. The summed E-state index contributed by atoms with van der Waals surface area (Å²) in [4.78, 5) is 25.9. The third-order valence-electron chi connectivity index (χ3n) is 5.84. The molecule has 0 amide bonds. The predicted molar refractivity (Wildman–Crippen MR) is 143 cm³/mol. The van der Waals surface area contributed by atoms with Crippen molar-refractivity contribution in [1.82, 2.24) is 0 Å². The SMILES string of the molecule is CCOc1ccc2oc(C)c(C(=O)Oc3ccc(C=CC(=O)c4ccc(OC)cc4OC)cc3OC)c2c1. The van der Waals surface area contributed by atoms with Gasteiger partial charge < -0.3 is 28.1 Å². The number of rotatable bonds is 10. The highest BCUT2D eigenvalue weighted by atomic mass is 16.6. The van der Waals surface area contributed by atoms with Crippen LogP contribution in [0.15, 0.2) is 65.1 Å². The second kappa shape index (κ2) is 11.6. The number of carbonyl (C=O) groups is 2. The Morgan fingerprint density at radius 3 is 2.32 bits per heavy atom. The third kappa shape index (κ3) is 5.49. The Balaban J connectivity index is 1.55. The number of allylic oxidation sites excluding steroid dienone is 1. The summed E-state index contributed by atoms with van der Waals surface area (Å²) in [7, 11) is 4.51. The molecule has 38 heavy (non-hydrogen) atoms. The zero-order valence-corrected chi connectivity index (χ0v) is 21.8. The standard InChI is InChI=1S/C30H28O8/c1-6-36-21-10-14-25-23(16-21)29(18(2)37-25)30(32)38-26-13-8-19(15-28(26)35-5)7-12-24(31)22-11-9-20(33-3)17-27(22)34-4/h7-17H,6H2,1-5H3. The number of ketones is 1. The predicted octanol–water partition coefficient (Wildman–Crippen LogP) is 6.28. The fourth-order valence-electron chi connectivity index (χ4n) is 4.00. The second-order valence-electron chi connectivity index (χ2n) is 8.19. The minimum absolute atomic E-state index is 0.229. The van der Waals surface area contributed by atoms with Gasteiger partial charge in [0.05, 0.1) is 33.5 Å². The molecule has 0 aliphatic carbocycles. The molecule has 0 N–H and O–H groups in total. The zero-order valence-electron chi connectivity index (χ0n) is 21.8. The summed E-state index contributed by atoms with van der Waals surface area (Å²) in [6.45, 7) is 4.09. The molecule has 8 nitrogen and oxygen atoms in total. The molecule has 4 rings (SSSR count). The van der Waals surface area contributed by atoms with Gasteiger partial charge in [0.15, 0.2) is 17.3 Å². The topological polar surface area (TPSA) is 93.4 Å². The fourth-order valence-corrected chi connectivity index (χ4v) is 4.00. The molecule has 0 saturated carbocycles. The summed E-state index contributed by atoms with van der Waals surface area (Å²) < 4.78 is 32.9. The summed E-state index contributed by atoms with van der Waals surface area (Å²) in [6, 6.07) is 15.3. The minimum atomic E-state index is -0.585. The van der Waals surface area contributed by atoms with Gasteiger partial charge in [0.25, 0.3) is 0 Å². The number of hydrogen-bond donors (Lipinski definition) is 0. The molecular formula is C30H28O8. The number of methoxy groups -OCH3 is 3. The lowest BCUT2D eigenvalue weighted by Gasteiger charge is -2.10. The second-order valence-corrected chi connectivity index (χ2v) is 8.19. The molecular weight excluding hydrogens is 488 g/mol. The average Bonchev–Trinajstić information content (AvgIpc) is 3.26. The number of furan rings is 1. The van der Waals surface area contributed by atoms with E-state index >= 15 is 0 Å². The van der Waals surface area contributed by atoms with Gasteiger partial charge >= 0.3 is 5.97 Å². The Bertz CT molecular complexity index is 1510. The van der Waals surface area contributed by atoms with E-state index in [1.165, 1.54) is 20.3 Å². The smallest absolute Gasteiger partial charge is 0.347 e. The van der Waals surface area contributed by atoms with Gasteiger partial charge in [-0.15, -0.1) is 0 Å². The summed E-state index contributed by atoms with van der Waals surface area (Å²) in [5, 5.41) is 0.601. The van der Waals surface area contributed by atoms with Crippen LogP contribution >= 0.6 is 0 Å². The number of fused-ring (bicyclic) bond motifs is 1. The van der Waals surface area contributed by atoms with Crippen LogP contribution in [0.3, 0.4) is 0 Å². The number of hydrogen-bond acceptors (Lipinski definition) is 8. The van der Waals surface area contributed by atoms with Crippen LogP contribution < -0.4 is 23.7 Å². The van der Waals surface area contributed by atoms with Crippen molar-refractivity contribution in [2.75, 3.05) is 27.9 Å². The quantitative estimate of drug-likeness (QED) is 0.105. The lowest BCUT2D eigenvalue weighted by molar-refractivity contribution is 0.0729. The van der Waals surface area contributed by atoms with Gasteiger partial charge in [-0.1, -0.05) is 12.1 Å². The van der Waals surface area contributed by atoms with Gasteiger partial charge in [0.1, 0.15) is 34.2 Å². The number of carbonyl (C=O) groups excluding carboxylic acids is 2. The molecule has 196 valence electrons. The van der Waals surface area contributed by atoms with E-state index in [4.69, 9.17) is 28.1 Å². The molecule has 0 radical (unpaired) electrons. The Morgan fingerprint density at radius 2 is 1.61 bits per heavy atom. The van der Waals surface area contributed by atoms with Crippen molar-refractivity contribution in [1.29, 1.82) is 0 Å². The van der Waals surface area contributed by atoms with E-state index in [0.29, 0.717) is 63.0 Å². The van der Waals surface area contributed by atoms with Crippen molar-refractivity contribution in [3.05, 3.63) is 83.1 Å². The van der Waals surface area contributed by atoms with Gasteiger partial charge in [-0.25, -0.2) is 4.79 Å². The highest BCUT2D eigenvalue weighted by Crippen LogP contribution is 2.33. The van der Waals surface area contributed by atoms with Crippen LogP contribution in [0.5, 0.6) is 28.7 Å². The Morgan fingerprint density at radius 1 is 0.842 bits per heavy atom. The van der Waals surface area contributed by atoms with Crippen LogP contribution in [0.25, 0.3) is 17.0 Å². The minimum Gasteiger partial charge on any atom is -0.497 e. The molecule has 3 aromatic carbocycles. The van der Waals surface area contributed by atoms with Crippen LogP contribution in [0.1, 0.15) is 39.0 Å². The van der Waals surface area contributed by atoms with Crippen molar-refractivity contribution >= 4 is 28.8 Å². The molecule has 0 unspecified atom stereocenters. The maximum atomic E-state index is 13.2. The Hall–Kier alpha value is -4.72. The number of benzene rings is 3. The van der Waals surface area contributed by atoms with Gasteiger partial charge in [0, 0.05) is 11.5 Å². The summed E-state index contributed by atoms with van der Waals surface area (Å²) in [6.07, 6.45) is 3.07. The molecule has 8 heteroatoms. The molecule has 0 spiro atoms. The molecule has 0 aliphatic heterocycles. The van der Waals surface area contributed by atoms with E-state index in [-0.39, 0.29) is 11.5 Å². The lowest BCUT2D eigenvalue weighted by Crippen LogP contribution is -2.10. The van der Waals surface area contributed by atoms with Crippen LogP contribution in [-0.4, -0.2) is 39.7 Å². The van der Waals surface area contributed by atoms with Crippen molar-refractivity contribution in [3.63, 3.8) is 0 Å². The maximum absolute atomic E-state index is 13.2. The number of esters is 1. The Kier molecular flexibility index (Phi) is 8.01. The van der Waals surface area contributed by atoms with E-state index in [1.54, 1.807) is 74.7 Å². The third-order valence-corrected chi connectivity index (χ3v) is 5.84. The van der Waals surface area contributed by atoms with Crippen molar-refractivity contribution in [2.24, 2.45) is 0 Å². The summed E-state index contributed by atoms with van der Waals surface area (Å²) in [5.74, 6) is 1.80. The van der Waals surface area contributed by atoms with E-state index < -0.39 is 5.97 Å². The first-order chi connectivity index (χ1) is 18.4. The van der Waals surface area contributed by atoms with Crippen LogP contribution in [0.4, 0.5) is 0 Å². The summed E-state index contributed by atoms with van der Waals surface area (Å²) in [5.41, 5.74) is 1.95. The first kappa shape index (κ1) is 26.3. The molecule has 0 aliphatic rings. The monoisotopic (exact) mass is 516 g/mol. The largest absolute Gasteiger partial charge is 0.497 e. The Labute approximate surface area is 220 Å². The van der Waals surface area contributed by atoms with Crippen molar-refractivity contribution < 1.29 is 37.7 Å². The molecule has 0 bridgehead atoms. The van der Waals surface area contributed by atoms with Crippen LogP contribution in [-0.2, 0) is 0 Å². The van der Waals surface area contributed by atoms with E-state index in [1.807, 2.05) is 6.92 Å². The first-order valence-electron chi connectivity index (χ1n) is 11.9. The van der Waals surface area contributed by atoms with E-state index in [2.05, 4.69) is 0 Å². The molecule has 0 saturated heterocycles. The van der Waals surface area contributed by atoms with E-state index in [0.717, 1.165) is 0 Å². The first-order valence-corrected chi connectivity index (χ1v) is 11.9. The number of aryl methyl sites for hydroxylation is 1. The molecule has 1 heterocycles. The molecule has 0 fully saturated rings. The molecule has 0 atom stereocenters. The van der Waals surface area contributed by atoms with E-state index in [9.17, 15) is 9.59 Å². The van der Waals surface area contributed by atoms with Crippen LogP contribution in [0.2, 0.25) is 0 Å². The van der Waals surface area contributed by atoms with Gasteiger partial charge in [0.2, 0.25) is 0 Å².